The minimum atomic E-state index is -0.378. The van der Waals surface area contributed by atoms with Gasteiger partial charge in [-0.25, -0.2) is 4.79 Å². The molecule has 0 fully saturated rings. The van der Waals surface area contributed by atoms with E-state index in [1.807, 2.05) is 25.1 Å². The van der Waals surface area contributed by atoms with Gasteiger partial charge in [-0.2, -0.15) is 4.89 Å². The molecule has 0 radical (unpaired) electrons. The number of carbonyl (C=O) groups excluding carboxylic acids is 1. The van der Waals surface area contributed by atoms with Crippen molar-refractivity contribution in [2.24, 2.45) is 0 Å². The summed E-state index contributed by atoms with van der Waals surface area (Å²) < 4.78 is 0. The highest BCUT2D eigenvalue weighted by molar-refractivity contribution is 5.90. The standard InChI is InChI=1S/C21H34O3/c1-4-7-8-9-10-11-16-19(14-5-2)23-24-21(22)20-17-13-12-15-18(20)6-3/h12-13,15,17,19H,4-11,14,16H2,1-3H3. The third-order valence-corrected chi connectivity index (χ3v) is 4.37. The van der Waals surface area contributed by atoms with E-state index in [1.54, 1.807) is 6.07 Å². The average molecular weight is 335 g/mol. The maximum Gasteiger partial charge on any atom is 0.373 e. The van der Waals surface area contributed by atoms with Crippen molar-refractivity contribution in [3.63, 3.8) is 0 Å². The SMILES string of the molecule is CCCCCCCCC(CCC)OOC(=O)c1ccccc1CC. The maximum absolute atomic E-state index is 12.2. The molecule has 3 nitrogen and oxygen atoms in total. The van der Waals surface area contributed by atoms with Crippen LogP contribution in [0.15, 0.2) is 24.3 Å². The molecule has 0 amide bonds. The van der Waals surface area contributed by atoms with E-state index in [0.29, 0.717) is 5.56 Å². The second-order valence-corrected chi connectivity index (χ2v) is 6.44. The largest absolute Gasteiger partial charge is 0.373 e. The Labute approximate surface area is 147 Å². The summed E-state index contributed by atoms with van der Waals surface area (Å²) in [6.45, 7) is 6.40. The van der Waals surface area contributed by atoms with E-state index in [2.05, 4.69) is 13.8 Å². The topological polar surface area (TPSA) is 35.5 Å². The summed E-state index contributed by atoms with van der Waals surface area (Å²) in [5.41, 5.74) is 1.60. The van der Waals surface area contributed by atoms with Gasteiger partial charge in [0.2, 0.25) is 0 Å². The number of benzene rings is 1. The second-order valence-electron chi connectivity index (χ2n) is 6.44. The van der Waals surface area contributed by atoms with Crippen LogP contribution in [0.5, 0.6) is 0 Å². The zero-order chi connectivity index (χ0) is 17.6. The van der Waals surface area contributed by atoms with Crippen LogP contribution in [0.3, 0.4) is 0 Å². The fourth-order valence-corrected chi connectivity index (χ4v) is 2.90. The van der Waals surface area contributed by atoms with Gasteiger partial charge in [-0.1, -0.05) is 83.9 Å². The van der Waals surface area contributed by atoms with E-state index < -0.39 is 0 Å². The van der Waals surface area contributed by atoms with Crippen molar-refractivity contribution in [3.05, 3.63) is 35.4 Å². The molecule has 136 valence electrons. The summed E-state index contributed by atoms with van der Waals surface area (Å²) in [7, 11) is 0. The lowest BCUT2D eigenvalue weighted by atomic mass is 10.0. The molecular formula is C21H34O3. The number of hydrogen-bond acceptors (Lipinski definition) is 3. The van der Waals surface area contributed by atoms with Gasteiger partial charge in [0.05, 0.1) is 5.56 Å². The molecule has 0 aliphatic carbocycles. The van der Waals surface area contributed by atoms with Crippen molar-refractivity contribution < 1.29 is 14.6 Å². The molecule has 1 aromatic carbocycles. The van der Waals surface area contributed by atoms with Crippen LogP contribution in [0.1, 0.15) is 94.5 Å². The zero-order valence-corrected chi connectivity index (χ0v) is 15.7. The summed E-state index contributed by atoms with van der Waals surface area (Å²) in [5, 5.41) is 0. The first-order valence-electron chi connectivity index (χ1n) is 9.68. The Bertz CT molecular complexity index is 456. The van der Waals surface area contributed by atoms with E-state index in [9.17, 15) is 4.79 Å². The van der Waals surface area contributed by atoms with Gasteiger partial charge in [-0.3, -0.25) is 4.89 Å². The number of aryl methyl sites for hydroxylation is 1. The van der Waals surface area contributed by atoms with E-state index in [4.69, 9.17) is 9.78 Å². The molecule has 0 spiro atoms. The van der Waals surface area contributed by atoms with Gasteiger partial charge in [0.1, 0.15) is 6.10 Å². The fourth-order valence-electron chi connectivity index (χ4n) is 2.90. The van der Waals surface area contributed by atoms with Crippen molar-refractivity contribution in [2.75, 3.05) is 0 Å². The highest BCUT2D eigenvalue weighted by Gasteiger charge is 2.16. The summed E-state index contributed by atoms with van der Waals surface area (Å²) in [4.78, 5) is 22.9. The van der Waals surface area contributed by atoms with Crippen molar-refractivity contribution >= 4 is 5.97 Å². The van der Waals surface area contributed by atoms with Crippen molar-refractivity contribution in [3.8, 4) is 0 Å². The van der Waals surface area contributed by atoms with Crippen molar-refractivity contribution in [2.45, 2.75) is 91.1 Å². The molecule has 1 unspecified atom stereocenters. The number of carbonyl (C=O) groups is 1. The van der Waals surface area contributed by atoms with Gasteiger partial charge in [-0.15, -0.1) is 0 Å². The third kappa shape index (κ3) is 7.96. The van der Waals surface area contributed by atoms with Crippen molar-refractivity contribution in [1.29, 1.82) is 0 Å². The second kappa shape index (κ2) is 13.0. The molecule has 24 heavy (non-hydrogen) atoms. The molecule has 0 saturated heterocycles. The van der Waals surface area contributed by atoms with Gasteiger partial charge in [0.15, 0.2) is 0 Å². The van der Waals surface area contributed by atoms with Crippen molar-refractivity contribution in [1.82, 2.24) is 0 Å². The van der Waals surface area contributed by atoms with Crippen LogP contribution < -0.4 is 0 Å². The van der Waals surface area contributed by atoms with Crippen LogP contribution in [-0.2, 0) is 16.2 Å². The van der Waals surface area contributed by atoms with Crippen LogP contribution in [0.25, 0.3) is 0 Å². The Balaban J connectivity index is 2.38. The van der Waals surface area contributed by atoms with Gasteiger partial charge >= 0.3 is 5.97 Å². The first-order chi connectivity index (χ1) is 11.7. The third-order valence-electron chi connectivity index (χ3n) is 4.37. The quantitative estimate of drug-likeness (QED) is 0.243. The highest BCUT2D eigenvalue weighted by atomic mass is 17.2. The van der Waals surface area contributed by atoms with Gasteiger partial charge in [0.25, 0.3) is 0 Å². The molecule has 0 aromatic heterocycles. The van der Waals surface area contributed by atoms with Gasteiger partial charge in [-0.05, 0) is 30.9 Å². The lowest BCUT2D eigenvalue weighted by Gasteiger charge is -2.16. The molecule has 1 aromatic rings. The lowest BCUT2D eigenvalue weighted by molar-refractivity contribution is -0.277. The predicted molar refractivity (Wildman–Crippen MR) is 99.0 cm³/mol. The highest BCUT2D eigenvalue weighted by Crippen LogP contribution is 2.16. The monoisotopic (exact) mass is 334 g/mol. The minimum Gasteiger partial charge on any atom is -0.293 e. The zero-order valence-electron chi connectivity index (χ0n) is 15.7. The molecule has 0 N–H and O–H groups in total. The van der Waals surface area contributed by atoms with Gasteiger partial charge < -0.3 is 0 Å². The normalized spacial score (nSPS) is 12.1. The van der Waals surface area contributed by atoms with Crippen LogP contribution in [0.2, 0.25) is 0 Å². The van der Waals surface area contributed by atoms with E-state index in [1.165, 1.54) is 32.1 Å². The molecule has 0 saturated carbocycles. The summed E-state index contributed by atoms with van der Waals surface area (Å²) in [6.07, 6.45) is 11.3. The van der Waals surface area contributed by atoms with Crippen LogP contribution in [-0.4, -0.2) is 12.1 Å². The van der Waals surface area contributed by atoms with E-state index >= 15 is 0 Å². The van der Waals surface area contributed by atoms with Crippen LogP contribution >= 0.6 is 0 Å². The molecule has 0 heterocycles. The average Bonchev–Trinajstić information content (AvgIpc) is 2.62. The van der Waals surface area contributed by atoms with Crippen LogP contribution in [0.4, 0.5) is 0 Å². The number of hydrogen-bond donors (Lipinski definition) is 0. The molecule has 0 aliphatic rings. The maximum atomic E-state index is 12.2. The summed E-state index contributed by atoms with van der Waals surface area (Å²) >= 11 is 0. The molecule has 0 aliphatic heterocycles. The molecule has 1 rings (SSSR count). The Morgan fingerprint density at radius 3 is 2.33 bits per heavy atom. The molecule has 0 bridgehead atoms. The minimum absolute atomic E-state index is 0.0129. The van der Waals surface area contributed by atoms with E-state index in [0.717, 1.165) is 37.7 Å². The predicted octanol–water partition coefficient (Wildman–Crippen LogP) is 6.26. The van der Waals surface area contributed by atoms with Gasteiger partial charge in [0, 0.05) is 0 Å². The Hall–Kier alpha value is -1.35. The first kappa shape index (κ1) is 20.7. The summed E-state index contributed by atoms with van der Waals surface area (Å²) in [6, 6.07) is 7.55. The number of rotatable bonds is 13. The summed E-state index contributed by atoms with van der Waals surface area (Å²) in [5.74, 6) is -0.378. The molecule has 3 heteroatoms. The smallest absolute Gasteiger partial charge is 0.293 e. The Kier molecular flexibility index (Phi) is 11.2. The van der Waals surface area contributed by atoms with E-state index in [-0.39, 0.29) is 12.1 Å². The van der Waals surface area contributed by atoms with Crippen LogP contribution in [0, 0.1) is 0 Å². The number of unbranched alkanes of at least 4 members (excludes halogenated alkanes) is 5. The molecule has 1 atom stereocenters. The Morgan fingerprint density at radius 2 is 1.62 bits per heavy atom. The molecular weight excluding hydrogens is 300 g/mol. The lowest BCUT2D eigenvalue weighted by Crippen LogP contribution is -2.17. The first-order valence-corrected chi connectivity index (χ1v) is 9.68. The fraction of sp³-hybridized carbons (Fsp3) is 0.667. The Morgan fingerprint density at radius 1 is 0.917 bits per heavy atom.